The number of nitrogens with one attached hydrogen (secondary N) is 2. The van der Waals surface area contributed by atoms with Gasteiger partial charge in [0.25, 0.3) is 0 Å². The second kappa shape index (κ2) is 6.30. The summed E-state index contributed by atoms with van der Waals surface area (Å²) in [7, 11) is 0. The number of benzene rings is 2. The number of hydrogen-bond donors (Lipinski definition) is 3. The third-order valence-electron chi connectivity index (χ3n) is 4.05. The van der Waals surface area contributed by atoms with Crippen molar-refractivity contribution in [2.75, 3.05) is 5.32 Å². The van der Waals surface area contributed by atoms with Crippen LogP contribution in [-0.4, -0.2) is 11.4 Å². The smallest absolute Gasteiger partial charge is 0.240 e. The molecule has 2 aromatic rings. The van der Waals surface area contributed by atoms with E-state index in [1.807, 2.05) is 18.2 Å². The predicted octanol–water partition coefficient (Wildman–Crippen LogP) is 2.55. The van der Waals surface area contributed by atoms with Crippen LogP contribution in [0.3, 0.4) is 0 Å². The lowest BCUT2D eigenvalue weighted by molar-refractivity contribution is -0.123. The zero-order valence-electron chi connectivity index (χ0n) is 13.0. The van der Waals surface area contributed by atoms with Gasteiger partial charge in [0.05, 0.1) is 16.8 Å². The van der Waals surface area contributed by atoms with E-state index in [-0.39, 0.29) is 17.2 Å². The Labute approximate surface area is 139 Å². The first-order chi connectivity index (χ1) is 11.5. The summed E-state index contributed by atoms with van der Waals surface area (Å²) in [5.41, 5.74) is 7.10. The fourth-order valence-corrected chi connectivity index (χ4v) is 2.31. The van der Waals surface area contributed by atoms with E-state index in [1.165, 1.54) is 12.1 Å². The van der Waals surface area contributed by atoms with E-state index in [0.29, 0.717) is 12.2 Å². The molecule has 1 fully saturated rings. The lowest BCUT2D eigenvalue weighted by Gasteiger charge is -2.12. The Balaban J connectivity index is 1.65. The fourth-order valence-electron chi connectivity index (χ4n) is 2.31. The SMILES string of the molecule is N#Cc1cccc(F)c1Nc1ccc(CNC(=O)C2(N)CC2)cc1. The van der Waals surface area contributed by atoms with Crippen molar-refractivity contribution in [1.82, 2.24) is 5.32 Å². The summed E-state index contributed by atoms with van der Waals surface area (Å²) in [5, 5.41) is 14.8. The number of amides is 1. The number of nitrogens with two attached hydrogens (primary N) is 1. The van der Waals surface area contributed by atoms with Gasteiger partial charge in [-0.1, -0.05) is 18.2 Å². The van der Waals surface area contributed by atoms with E-state index in [2.05, 4.69) is 10.6 Å². The topological polar surface area (TPSA) is 90.9 Å². The van der Waals surface area contributed by atoms with Gasteiger partial charge in [-0.15, -0.1) is 0 Å². The van der Waals surface area contributed by atoms with Gasteiger partial charge in [0, 0.05) is 12.2 Å². The average Bonchev–Trinajstić information content (AvgIpc) is 3.34. The zero-order chi connectivity index (χ0) is 17.2. The van der Waals surface area contributed by atoms with Crippen molar-refractivity contribution in [1.29, 1.82) is 5.26 Å². The van der Waals surface area contributed by atoms with Gasteiger partial charge in [-0.25, -0.2) is 4.39 Å². The molecule has 6 heteroatoms. The number of rotatable bonds is 5. The van der Waals surface area contributed by atoms with Crippen LogP contribution in [-0.2, 0) is 11.3 Å². The molecule has 1 saturated carbocycles. The molecule has 122 valence electrons. The van der Waals surface area contributed by atoms with Crippen LogP contribution < -0.4 is 16.4 Å². The molecule has 0 spiro atoms. The summed E-state index contributed by atoms with van der Waals surface area (Å²) in [6.07, 6.45) is 1.46. The average molecular weight is 324 g/mol. The monoisotopic (exact) mass is 324 g/mol. The molecule has 2 aromatic carbocycles. The van der Waals surface area contributed by atoms with E-state index >= 15 is 0 Å². The summed E-state index contributed by atoms with van der Waals surface area (Å²) >= 11 is 0. The van der Waals surface area contributed by atoms with Gasteiger partial charge in [0.15, 0.2) is 0 Å². The molecule has 1 aliphatic rings. The van der Waals surface area contributed by atoms with Crippen LogP contribution in [0.15, 0.2) is 42.5 Å². The van der Waals surface area contributed by atoms with Crippen LogP contribution >= 0.6 is 0 Å². The Kier molecular flexibility index (Phi) is 4.19. The first-order valence-corrected chi connectivity index (χ1v) is 7.63. The molecular weight excluding hydrogens is 307 g/mol. The summed E-state index contributed by atoms with van der Waals surface area (Å²) in [6.45, 7) is 0.390. The van der Waals surface area contributed by atoms with E-state index in [0.717, 1.165) is 18.4 Å². The first kappa shape index (κ1) is 16.0. The lowest BCUT2D eigenvalue weighted by atomic mass is 10.1. The Hall–Kier alpha value is -2.91. The highest BCUT2D eigenvalue weighted by atomic mass is 19.1. The Morgan fingerprint density at radius 3 is 2.58 bits per heavy atom. The van der Waals surface area contributed by atoms with Crippen molar-refractivity contribution in [3.05, 3.63) is 59.4 Å². The van der Waals surface area contributed by atoms with Crippen molar-refractivity contribution < 1.29 is 9.18 Å². The van der Waals surface area contributed by atoms with E-state index in [4.69, 9.17) is 11.0 Å². The first-order valence-electron chi connectivity index (χ1n) is 7.63. The molecule has 1 aliphatic carbocycles. The minimum absolute atomic E-state index is 0.130. The van der Waals surface area contributed by atoms with Crippen molar-refractivity contribution in [3.63, 3.8) is 0 Å². The number of hydrogen-bond acceptors (Lipinski definition) is 4. The summed E-state index contributed by atoms with van der Waals surface area (Å²) in [4.78, 5) is 11.8. The highest BCUT2D eigenvalue weighted by molar-refractivity contribution is 5.88. The number of carbonyl (C=O) groups excluding carboxylic acids is 1. The van der Waals surface area contributed by atoms with E-state index in [1.54, 1.807) is 18.2 Å². The molecule has 0 saturated heterocycles. The quantitative estimate of drug-likeness (QED) is 0.788. The van der Waals surface area contributed by atoms with Crippen LogP contribution in [0.2, 0.25) is 0 Å². The molecule has 0 radical (unpaired) electrons. The van der Waals surface area contributed by atoms with Gasteiger partial charge in [0.1, 0.15) is 11.9 Å². The van der Waals surface area contributed by atoms with Gasteiger partial charge in [-0.05, 0) is 42.7 Å². The van der Waals surface area contributed by atoms with Crippen molar-refractivity contribution in [3.8, 4) is 6.07 Å². The number of anilines is 2. The van der Waals surface area contributed by atoms with Gasteiger partial charge in [-0.2, -0.15) is 5.26 Å². The summed E-state index contributed by atoms with van der Waals surface area (Å²) in [6, 6.07) is 13.5. The third-order valence-corrected chi connectivity index (χ3v) is 4.05. The van der Waals surface area contributed by atoms with Crippen molar-refractivity contribution >= 4 is 17.3 Å². The maximum atomic E-state index is 13.9. The summed E-state index contributed by atoms with van der Waals surface area (Å²) in [5.74, 6) is -0.613. The standard InChI is InChI=1S/C18H17FN4O/c19-15-3-1-2-13(10-20)16(15)23-14-6-4-12(5-7-14)11-22-17(24)18(21)8-9-18/h1-7,23H,8-9,11,21H2,(H,22,24). The number of carbonyl (C=O) groups is 1. The molecule has 0 bridgehead atoms. The Bertz CT molecular complexity index is 807. The van der Waals surface area contributed by atoms with Crippen LogP contribution in [0.4, 0.5) is 15.8 Å². The van der Waals surface area contributed by atoms with Crippen LogP contribution in [0.5, 0.6) is 0 Å². The van der Waals surface area contributed by atoms with Crippen LogP contribution in [0, 0.1) is 17.1 Å². The van der Waals surface area contributed by atoms with Crippen LogP contribution in [0.1, 0.15) is 24.0 Å². The molecular formula is C18H17FN4O. The number of halogens is 1. The Morgan fingerprint density at radius 1 is 1.25 bits per heavy atom. The second-order valence-electron chi connectivity index (χ2n) is 5.93. The molecule has 1 amide bonds. The molecule has 0 heterocycles. The van der Waals surface area contributed by atoms with Gasteiger partial charge < -0.3 is 16.4 Å². The van der Waals surface area contributed by atoms with Gasteiger partial charge in [-0.3, -0.25) is 4.79 Å². The highest BCUT2D eigenvalue weighted by Crippen LogP contribution is 2.32. The minimum Gasteiger partial charge on any atom is -0.352 e. The molecule has 3 rings (SSSR count). The highest BCUT2D eigenvalue weighted by Gasteiger charge is 2.45. The molecule has 0 atom stereocenters. The predicted molar refractivity (Wildman–Crippen MR) is 88.8 cm³/mol. The Morgan fingerprint density at radius 2 is 1.96 bits per heavy atom. The maximum absolute atomic E-state index is 13.9. The summed E-state index contributed by atoms with van der Waals surface area (Å²) < 4.78 is 13.9. The second-order valence-corrected chi connectivity index (χ2v) is 5.93. The van der Waals surface area contributed by atoms with Gasteiger partial charge in [0.2, 0.25) is 5.91 Å². The molecule has 0 aromatic heterocycles. The maximum Gasteiger partial charge on any atom is 0.240 e. The third kappa shape index (κ3) is 3.36. The lowest BCUT2D eigenvalue weighted by Crippen LogP contribution is -2.42. The normalized spacial score (nSPS) is 14.5. The van der Waals surface area contributed by atoms with Crippen molar-refractivity contribution in [2.24, 2.45) is 5.73 Å². The van der Waals surface area contributed by atoms with Crippen molar-refractivity contribution in [2.45, 2.75) is 24.9 Å². The minimum atomic E-state index is -0.681. The van der Waals surface area contributed by atoms with E-state index < -0.39 is 11.4 Å². The molecule has 5 nitrogen and oxygen atoms in total. The molecule has 0 unspecified atom stereocenters. The molecule has 24 heavy (non-hydrogen) atoms. The zero-order valence-corrected chi connectivity index (χ0v) is 13.0. The van der Waals surface area contributed by atoms with Gasteiger partial charge >= 0.3 is 0 Å². The molecule has 0 aliphatic heterocycles. The fraction of sp³-hybridized carbons (Fsp3) is 0.222. The van der Waals surface area contributed by atoms with E-state index in [9.17, 15) is 9.18 Å². The number of nitrogens with zero attached hydrogens (tertiary/aromatic N) is 1. The van der Waals surface area contributed by atoms with Crippen LogP contribution in [0.25, 0.3) is 0 Å². The number of nitriles is 1. The largest absolute Gasteiger partial charge is 0.352 e. The number of para-hydroxylation sites is 1. The molecule has 4 N–H and O–H groups in total.